The van der Waals surface area contributed by atoms with E-state index in [-0.39, 0.29) is 0 Å². The first-order valence-corrected chi connectivity index (χ1v) is 13.1. The van der Waals surface area contributed by atoms with Gasteiger partial charge in [-0.05, 0) is 85.1 Å². The third-order valence-electron chi connectivity index (χ3n) is 7.39. The fourth-order valence-electron chi connectivity index (χ4n) is 5.21. The predicted octanol–water partition coefficient (Wildman–Crippen LogP) is 9.41. The van der Waals surface area contributed by atoms with Gasteiger partial charge in [0.05, 0.1) is 6.61 Å². The van der Waals surface area contributed by atoms with Crippen molar-refractivity contribution in [3.8, 4) is 16.9 Å². The van der Waals surface area contributed by atoms with Crippen LogP contribution in [0.4, 0.5) is 0 Å². The van der Waals surface area contributed by atoms with Crippen molar-refractivity contribution in [2.45, 2.75) is 97.3 Å². The summed E-state index contributed by atoms with van der Waals surface area (Å²) in [6.07, 6.45) is 14.9. The number of rotatable bonds is 12. The highest BCUT2D eigenvalue weighted by atomic mass is 16.5. The first kappa shape index (κ1) is 23.9. The number of hydrogen-bond acceptors (Lipinski definition) is 1. The van der Waals surface area contributed by atoms with E-state index in [2.05, 4.69) is 69.3 Å². The zero-order valence-electron chi connectivity index (χ0n) is 20.2. The summed E-state index contributed by atoms with van der Waals surface area (Å²) in [5.74, 6) is 3.67. The molecule has 0 amide bonds. The zero-order valence-corrected chi connectivity index (χ0v) is 20.2. The van der Waals surface area contributed by atoms with Crippen molar-refractivity contribution >= 4 is 0 Å². The Bertz CT molecular complexity index is 722. The van der Waals surface area contributed by atoms with Crippen molar-refractivity contribution in [3.63, 3.8) is 0 Å². The summed E-state index contributed by atoms with van der Waals surface area (Å²) in [5.41, 5.74) is 4.12. The maximum atomic E-state index is 5.79. The van der Waals surface area contributed by atoms with Gasteiger partial charge in [0.1, 0.15) is 5.75 Å². The van der Waals surface area contributed by atoms with Crippen LogP contribution in [0.3, 0.4) is 0 Å². The summed E-state index contributed by atoms with van der Waals surface area (Å²) in [6, 6.07) is 17.9. The number of ether oxygens (including phenoxy) is 1. The van der Waals surface area contributed by atoms with E-state index in [9.17, 15) is 0 Å². The molecule has 1 unspecified atom stereocenters. The maximum absolute atomic E-state index is 5.79. The molecular weight excluding hydrogens is 376 g/mol. The van der Waals surface area contributed by atoms with Crippen LogP contribution in [0, 0.1) is 11.8 Å². The predicted molar refractivity (Wildman–Crippen MR) is 135 cm³/mol. The summed E-state index contributed by atoms with van der Waals surface area (Å²) in [7, 11) is 0. The molecule has 0 radical (unpaired) electrons. The number of benzene rings is 2. The summed E-state index contributed by atoms with van der Waals surface area (Å²) < 4.78 is 5.79. The number of hydrogen-bond donors (Lipinski definition) is 0. The minimum atomic E-state index is 0.760. The SMILES string of the molecule is CCCCOc1ccc(-c2ccc(C3CCC(CC(CC)CCCC)CC3)cc2)cc1. The smallest absolute Gasteiger partial charge is 0.119 e. The second-order valence-corrected chi connectivity index (χ2v) is 9.72. The van der Waals surface area contributed by atoms with Crippen molar-refractivity contribution < 1.29 is 4.74 Å². The Morgan fingerprint density at radius 1 is 0.774 bits per heavy atom. The molecule has 0 aliphatic heterocycles. The van der Waals surface area contributed by atoms with Gasteiger partial charge in [0.25, 0.3) is 0 Å². The van der Waals surface area contributed by atoms with Gasteiger partial charge in [-0.15, -0.1) is 0 Å². The molecule has 1 aliphatic rings. The van der Waals surface area contributed by atoms with E-state index in [0.717, 1.165) is 36.5 Å². The molecule has 1 saturated carbocycles. The molecule has 2 aromatic rings. The Balaban J connectivity index is 1.49. The Kier molecular flexibility index (Phi) is 9.97. The Hall–Kier alpha value is -1.76. The minimum Gasteiger partial charge on any atom is -0.494 e. The molecule has 170 valence electrons. The van der Waals surface area contributed by atoms with Crippen LogP contribution < -0.4 is 4.74 Å². The van der Waals surface area contributed by atoms with E-state index in [1.165, 1.54) is 75.3 Å². The van der Waals surface area contributed by atoms with Gasteiger partial charge < -0.3 is 4.74 Å². The van der Waals surface area contributed by atoms with Crippen molar-refractivity contribution in [1.82, 2.24) is 0 Å². The highest BCUT2D eigenvalue weighted by molar-refractivity contribution is 5.64. The molecule has 3 rings (SSSR count). The summed E-state index contributed by atoms with van der Waals surface area (Å²) >= 11 is 0. The molecule has 1 heteroatoms. The lowest BCUT2D eigenvalue weighted by Crippen LogP contribution is -2.16. The zero-order chi connectivity index (χ0) is 21.9. The Morgan fingerprint density at radius 3 is 1.97 bits per heavy atom. The van der Waals surface area contributed by atoms with E-state index in [1.54, 1.807) is 5.56 Å². The van der Waals surface area contributed by atoms with Crippen LogP contribution in [0.2, 0.25) is 0 Å². The molecule has 1 nitrogen and oxygen atoms in total. The van der Waals surface area contributed by atoms with Gasteiger partial charge in [-0.2, -0.15) is 0 Å². The lowest BCUT2D eigenvalue weighted by Gasteiger charge is -2.31. The van der Waals surface area contributed by atoms with E-state index in [4.69, 9.17) is 4.74 Å². The van der Waals surface area contributed by atoms with Gasteiger partial charge >= 0.3 is 0 Å². The van der Waals surface area contributed by atoms with Crippen LogP contribution in [-0.2, 0) is 0 Å². The Labute approximate surface area is 191 Å². The third kappa shape index (κ3) is 7.41. The van der Waals surface area contributed by atoms with Crippen molar-refractivity contribution in [2.75, 3.05) is 6.61 Å². The quantitative estimate of drug-likeness (QED) is 0.311. The van der Waals surface area contributed by atoms with Gasteiger partial charge in [-0.25, -0.2) is 0 Å². The van der Waals surface area contributed by atoms with Crippen LogP contribution in [-0.4, -0.2) is 6.61 Å². The molecule has 1 fully saturated rings. The van der Waals surface area contributed by atoms with Crippen LogP contribution in [0.25, 0.3) is 11.1 Å². The molecule has 0 saturated heterocycles. The average molecular weight is 421 g/mol. The monoisotopic (exact) mass is 420 g/mol. The first-order valence-electron chi connectivity index (χ1n) is 13.1. The molecule has 1 aliphatic carbocycles. The van der Waals surface area contributed by atoms with Gasteiger partial charge in [0, 0.05) is 0 Å². The second-order valence-electron chi connectivity index (χ2n) is 9.72. The summed E-state index contributed by atoms with van der Waals surface area (Å²) in [4.78, 5) is 0. The number of unbranched alkanes of at least 4 members (excludes halogenated alkanes) is 2. The molecule has 31 heavy (non-hydrogen) atoms. The van der Waals surface area contributed by atoms with Crippen LogP contribution in [0.15, 0.2) is 48.5 Å². The molecule has 0 aromatic heterocycles. The van der Waals surface area contributed by atoms with Gasteiger partial charge in [-0.1, -0.05) is 89.3 Å². The lowest BCUT2D eigenvalue weighted by atomic mass is 9.74. The molecular formula is C30H44O. The highest BCUT2D eigenvalue weighted by Gasteiger charge is 2.24. The molecule has 0 N–H and O–H groups in total. The maximum Gasteiger partial charge on any atom is 0.119 e. The van der Waals surface area contributed by atoms with Crippen LogP contribution >= 0.6 is 0 Å². The highest BCUT2D eigenvalue weighted by Crippen LogP contribution is 2.39. The van der Waals surface area contributed by atoms with Gasteiger partial charge in [-0.3, -0.25) is 0 Å². The Morgan fingerprint density at radius 2 is 1.39 bits per heavy atom. The summed E-state index contributed by atoms with van der Waals surface area (Å²) in [5, 5.41) is 0. The fourth-order valence-corrected chi connectivity index (χ4v) is 5.21. The van der Waals surface area contributed by atoms with Crippen molar-refractivity contribution in [2.24, 2.45) is 11.8 Å². The first-order chi connectivity index (χ1) is 15.2. The third-order valence-corrected chi connectivity index (χ3v) is 7.39. The van der Waals surface area contributed by atoms with Crippen molar-refractivity contribution in [1.29, 1.82) is 0 Å². The fraction of sp³-hybridized carbons (Fsp3) is 0.600. The van der Waals surface area contributed by atoms with Crippen molar-refractivity contribution in [3.05, 3.63) is 54.1 Å². The lowest BCUT2D eigenvalue weighted by molar-refractivity contribution is 0.256. The average Bonchev–Trinajstić information content (AvgIpc) is 2.83. The van der Waals surface area contributed by atoms with E-state index < -0.39 is 0 Å². The van der Waals surface area contributed by atoms with Crippen LogP contribution in [0.1, 0.15) is 103 Å². The standard InChI is InChI=1S/C30H44O/c1-4-7-9-24(6-3)23-25-10-12-26(13-11-25)27-14-16-28(17-15-27)29-18-20-30(21-19-29)31-22-8-5-2/h14-21,24-26H,4-13,22-23H2,1-3H3. The van der Waals surface area contributed by atoms with Gasteiger partial charge in [0.2, 0.25) is 0 Å². The molecule has 1 atom stereocenters. The molecule has 0 spiro atoms. The second kappa shape index (κ2) is 12.9. The van der Waals surface area contributed by atoms with E-state index >= 15 is 0 Å². The normalized spacial score (nSPS) is 19.8. The minimum absolute atomic E-state index is 0.760. The summed E-state index contributed by atoms with van der Waals surface area (Å²) in [6.45, 7) is 7.71. The largest absolute Gasteiger partial charge is 0.494 e. The molecule has 0 bridgehead atoms. The molecule has 2 aromatic carbocycles. The molecule has 0 heterocycles. The van der Waals surface area contributed by atoms with E-state index in [0.29, 0.717) is 0 Å². The van der Waals surface area contributed by atoms with E-state index in [1.807, 2.05) is 0 Å². The topological polar surface area (TPSA) is 9.23 Å². The van der Waals surface area contributed by atoms with Crippen LogP contribution in [0.5, 0.6) is 5.75 Å². The van der Waals surface area contributed by atoms with Gasteiger partial charge in [0.15, 0.2) is 0 Å².